The summed E-state index contributed by atoms with van der Waals surface area (Å²) in [4.78, 5) is 47.9. The van der Waals surface area contributed by atoms with Gasteiger partial charge in [-0.3, -0.25) is 19.6 Å². The highest BCUT2D eigenvalue weighted by Gasteiger charge is 2.30. The number of hydrogen-bond donors (Lipinski definition) is 0. The predicted molar refractivity (Wildman–Crippen MR) is 180 cm³/mol. The number of likely N-dealkylation sites (N-methyl/N-ethyl adjacent to an activating group) is 2. The first-order valence-corrected chi connectivity index (χ1v) is 14.7. The van der Waals surface area contributed by atoms with Gasteiger partial charge in [0.05, 0.1) is 48.4 Å². The molecule has 0 radical (unpaired) electrons. The molecule has 15 heteroatoms. The first-order chi connectivity index (χ1) is 22.6. The largest absolute Gasteiger partial charge is 0.481 e. The van der Waals surface area contributed by atoms with E-state index in [1.54, 1.807) is 80.7 Å². The Morgan fingerprint density at radius 3 is 1.89 bits per heavy atom. The molecule has 1 atom stereocenters. The Balaban J connectivity index is 0.000000186. The summed E-state index contributed by atoms with van der Waals surface area (Å²) in [5.41, 5.74) is 13.7. The number of aliphatic imine (C=N–C) groups is 2. The average Bonchev–Trinajstić information content (AvgIpc) is 3.27. The van der Waals surface area contributed by atoms with E-state index in [9.17, 15) is 9.59 Å². The average molecular weight is 673 g/mol. The molecule has 0 aliphatic carbocycles. The summed E-state index contributed by atoms with van der Waals surface area (Å²) in [6, 6.07) is 21.1. The quantitative estimate of drug-likeness (QED) is 0.149. The van der Waals surface area contributed by atoms with Gasteiger partial charge in [-0.05, 0) is 54.1 Å². The van der Waals surface area contributed by atoms with Crippen LogP contribution >= 0.6 is 23.2 Å². The van der Waals surface area contributed by atoms with Crippen LogP contribution in [0, 0.1) is 0 Å². The molecule has 0 saturated heterocycles. The van der Waals surface area contributed by atoms with Crippen LogP contribution in [0.2, 0.25) is 10.0 Å². The smallest absolute Gasteiger partial charge is 0.257 e. The Kier molecular flexibility index (Phi) is 10.0. The van der Waals surface area contributed by atoms with Gasteiger partial charge >= 0.3 is 0 Å². The lowest BCUT2D eigenvalue weighted by Gasteiger charge is -2.19. The minimum absolute atomic E-state index is 0.0665. The number of amides is 2. The number of benzene rings is 2. The maximum absolute atomic E-state index is 12.6. The van der Waals surface area contributed by atoms with Gasteiger partial charge in [-0.2, -0.15) is 0 Å². The number of ether oxygens (including phenoxy) is 2. The number of anilines is 2. The second-order valence-corrected chi connectivity index (χ2v) is 10.9. The van der Waals surface area contributed by atoms with Crippen LogP contribution in [0.1, 0.15) is 22.5 Å². The topological polar surface area (TPSA) is 158 Å². The third kappa shape index (κ3) is 7.02. The van der Waals surface area contributed by atoms with Crippen LogP contribution in [0.3, 0.4) is 0 Å². The number of aromatic nitrogens is 2. The summed E-state index contributed by atoms with van der Waals surface area (Å²) >= 11 is 12.3. The molecule has 4 heterocycles. The van der Waals surface area contributed by atoms with Crippen molar-refractivity contribution in [2.24, 2.45) is 15.1 Å². The molecule has 0 fully saturated rings. The van der Waals surface area contributed by atoms with Crippen LogP contribution in [0.15, 0.2) is 87.9 Å². The van der Waals surface area contributed by atoms with Crippen molar-refractivity contribution in [3.8, 4) is 11.8 Å². The first-order valence-electron chi connectivity index (χ1n) is 14.0. The Labute approximate surface area is 279 Å². The summed E-state index contributed by atoms with van der Waals surface area (Å²) in [7, 11) is 6.38. The number of nitrogens with zero attached hydrogens (tertiary/aromatic N) is 9. The van der Waals surface area contributed by atoms with E-state index in [-0.39, 0.29) is 12.5 Å². The minimum atomic E-state index is -1.23. The van der Waals surface area contributed by atoms with Crippen LogP contribution in [0.4, 0.5) is 11.4 Å². The van der Waals surface area contributed by atoms with Crippen molar-refractivity contribution in [3.63, 3.8) is 0 Å². The molecular weight excluding hydrogens is 645 g/mol. The molecule has 0 bridgehead atoms. The molecule has 6 rings (SSSR count). The van der Waals surface area contributed by atoms with Crippen molar-refractivity contribution in [3.05, 3.63) is 116 Å². The van der Waals surface area contributed by atoms with Crippen molar-refractivity contribution in [1.82, 2.24) is 9.97 Å². The second kappa shape index (κ2) is 14.3. The fourth-order valence-electron chi connectivity index (χ4n) is 4.86. The van der Waals surface area contributed by atoms with Crippen molar-refractivity contribution in [2.45, 2.75) is 6.17 Å². The number of halogens is 2. The minimum Gasteiger partial charge on any atom is -0.481 e. The highest BCUT2D eigenvalue weighted by molar-refractivity contribution is 6.32. The molecule has 0 N–H and O–H groups in total. The fraction of sp³-hybridized carbons (Fsp3) is 0.188. The SMILES string of the molecule is COc1cccc(C2=NC(N=[N+]=[N-])C(=O)N(C)c3ccc(Cl)cc32)n1.COc1cccc(C2=NCC(=O)N(C)c3ccc(Cl)cc32)n1. The summed E-state index contributed by atoms with van der Waals surface area (Å²) < 4.78 is 10.3. The lowest BCUT2D eigenvalue weighted by molar-refractivity contribution is -0.119. The number of azide groups is 1. The number of rotatable bonds is 5. The number of pyridine rings is 2. The summed E-state index contributed by atoms with van der Waals surface area (Å²) in [5.74, 6) is 0.362. The van der Waals surface area contributed by atoms with Gasteiger partial charge in [-0.25, -0.2) is 9.97 Å². The number of carbonyl (C=O) groups excluding carboxylic acids is 2. The second-order valence-electron chi connectivity index (χ2n) is 10.0. The van der Waals surface area contributed by atoms with E-state index in [1.165, 1.54) is 12.0 Å². The zero-order valence-electron chi connectivity index (χ0n) is 25.6. The Morgan fingerprint density at radius 1 is 0.809 bits per heavy atom. The number of methoxy groups -OCH3 is 2. The third-order valence-electron chi connectivity index (χ3n) is 7.21. The predicted octanol–water partition coefficient (Wildman–Crippen LogP) is 5.75. The van der Waals surface area contributed by atoms with E-state index in [4.69, 9.17) is 38.2 Å². The van der Waals surface area contributed by atoms with E-state index < -0.39 is 12.1 Å². The molecule has 238 valence electrons. The van der Waals surface area contributed by atoms with Gasteiger partial charge in [0.15, 0.2) is 0 Å². The van der Waals surface area contributed by atoms with Crippen molar-refractivity contribution < 1.29 is 19.1 Å². The molecule has 1 unspecified atom stereocenters. The fourth-order valence-corrected chi connectivity index (χ4v) is 5.20. The Bertz CT molecular complexity index is 1980. The maximum Gasteiger partial charge on any atom is 0.257 e. The molecule has 0 saturated carbocycles. The molecule has 0 spiro atoms. The molecule has 2 aromatic heterocycles. The maximum atomic E-state index is 12.6. The van der Waals surface area contributed by atoms with Gasteiger partial charge in [-0.1, -0.05) is 40.4 Å². The van der Waals surface area contributed by atoms with Crippen LogP contribution in [-0.4, -0.2) is 74.2 Å². The normalized spacial score (nSPS) is 15.4. The molecule has 2 aliphatic heterocycles. The number of benzodiazepines with no additional fused rings is 2. The molecule has 4 aromatic rings. The van der Waals surface area contributed by atoms with Crippen molar-refractivity contribution >= 4 is 57.8 Å². The van der Waals surface area contributed by atoms with E-state index in [2.05, 4.69) is 30.0 Å². The van der Waals surface area contributed by atoms with E-state index >= 15 is 0 Å². The van der Waals surface area contributed by atoms with Crippen LogP contribution in [0.25, 0.3) is 10.4 Å². The van der Waals surface area contributed by atoms with Gasteiger partial charge in [-0.15, -0.1) is 0 Å². The molecule has 47 heavy (non-hydrogen) atoms. The summed E-state index contributed by atoms with van der Waals surface area (Å²) in [6.45, 7) is 0.0665. The Morgan fingerprint density at radius 2 is 1.34 bits per heavy atom. The highest BCUT2D eigenvalue weighted by atomic mass is 35.5. The van der Waals surface area contributed by atoms with Gasteiger partial charge < -0.3 is 19.3 Å². The Hall–Kier alpha value is -5.49. The lowest BCUT2D eigenvalue weighted by atomic mass is 10.0. The number of fused-ring (bicyclic) bond motifs is 2. The third-order valence-corrected chi connectivity index (χ3v) is 7.68. The molecular formula is C32H27Cl2N9O4. The monoisotopic (exact) mass is 671 g/mol. The van der Waals surface area contributed by atoms with Crippen LogP contribution in [0.5, 0.6) is 11.8 Å². The zero-order valence-corrected chi connectivity index (χ0v) is 27.1. The van der Waals surface area contributed by atoms with E-state index in [1.807, 2.05) is 18.2 Å². The summed E-state index contributed by atoms with van der Waals surface area (Å²) in [6.07, 6.45) is -1.23. The zero-order chi connectivity index (χ0) is 33.7. The first kappa shape index (κ1) is 32.9. The molecule has 13 nitrogen and oxygen atoms in total. The van der Waals surface area contributed by atoms with Gasteiger partial charge in [0.1, 0.15) is 6.54 Å². The lowest BCUT2D eigenvalue weighted by Crippen LogP contribution is -2.33. The van der Waals surface area contributed by atoms with Crippen molar-refractivity contribution in [1.29, 1.82) is 0 Å². The van der Waals surface area contributed by atoms with Crippen molar-refractivity contribution in [2.75, 3.05) is 44.7 Å². The van der Waals surface area contributed by atoms with Crippen LogP contribution in [-0.2, 0) is 9.59 Å². The van der Waals surface area contributed by atoms with E-state index in [0.717, 1.165) is 11.3 Å². The van der Waals surface area contributed by atoms with Gasteiger partial charge in [0.2, 0.25) is 23.8 Å². The number of hydrogen-bond acceptors (Lipinski definition) is 9. The van der Waals surface area contributed by atoms with E-state index in [0.29, 0.717) is 55.9 Å². The molecule has 2 aliphatic rings. The number of carbonyl (C=O) groups is 2. The van der Waals surface area contributed by atoms with Gasteiger partial charge in [0.25, 0.3) is 5.91 Å². The standard InChI is InChI=1S/C16H13ClN6O2.C16H14ClN3O2/c1-23-12-7-6-9(17)8-10(12)14(20-15(16(23)24)21-22-18)11-4-3-5-13(19-11)25-2;1-20-13-7-6-10(17)8-11(13)16(18-9-15(20)21)12-4-3-5-14(19-12)22-2/h3-8,15H,1-2H3;3-8H,9H2,1-2H3. The van der Waals surface area contributed by atoms with Crippen LogP contribution < -0.4 is 19.3 Å². The summed E-state index contributed by atoms with van der Waals surface area (Å²) in [5, 5.41) is 4.57. The molecule has 2 amide bonds. The molecule has 2 aromatic carbocycles. The van der Waals surface area contributed by atoms with Gasteiger partial charge in [0, 0.05) is 52.3 Å². The highest BCUT2D eigenvalue weighted by Crippen LogP contribution is 2.31.